The number of thioether (sulfide) groups is 1. The van der Waals surface area contributed by atoms with Gasteiger partial charge in [0.15, 0.2) is 17.5 Å². The molecule has 1 unspecified atom stereocenters. The third kappa shape index (κ3) is 4.35. The predicted octanol–water partition coefficient (Wildman–Crippen LogP) is 3.80. The Morgan fingerprint density at radius 2 is 1.92 bits per heavy atom. The van der Waals surface area contributed by atoms with Crippen molar-refractivity contribution in [3.05, 3.63) is 53.8 Å². The molecule has 2 aromatic rings. The van der Waals surface area contributed by atoms with Crippen LogP contribution in [0.2, 0.25) is 0 Å². The summed E-state index contributed by atoms with van der Waals surface area (Å²) in [4.78, 5) is 12.3. The molecule has 0 aromatic heterocycles. The van der Waals surface area contributed by atoms with Gasteiger partial charge in [0.1, 0.15) is 0 Å². The number of anilines is 1. The van der Waals surface area contributed by atoms with Crippen LogP contribution >= 0.6 is 11.8 Å². The van der Waals surface area contributed by atoms with E-state index in [4.69, 9.17) is 0 Å². The van der Waals surface area contributed by atoms with Crippen LogP contribution in [0, 0.1) is 17.5 Å². The van der Waals surface area contributed by atoms with Gasteiger partial charge in [0.2, 0.25) is 5.91 Å². The Labute approximate surface area is 148 Å². The second-order valence-electron chi connectivity index (χ2n) is 5.78. The van der Waals surface area contributed by atoms with Crippen molar-refractivity contribution < 1.29 is 18.0 Å². The molecule has 0 bridgehead atoms. The number of rotatable bonds is 4. The molecule has 0 saturated carbocycles. The maximum Gasteiger partial charge on any atom is 0.225 e. The highest BCUT2D eigenvalue weighted by Crippen LogP contribution is 2.30. The van der Waals surface area contributed by atoms with E-state index in [0.717, 1.165) is 30.2 Å². The van der Waals surface area contributed by atoms with Crippen molar-refractivity contribution in [2.24, 2.45) is 0 Å². The highest BCUT2D eigenvalue weighted by atomic mass is 32.2. The van der Waals surface area contributed by atoms with Gasteiger partial charge in [0.25, 0.3) is 0 Å². The number of hydrogen-bond acceptors (Lipinski definition) is 3. The van der Waals surface area contributed by atoms with Crippen molar-refractivity contribution in [2.45, 2.75) is 12.5 Å². The Morgan fingerprint density at radius 1 is 1.20 bits per heavy atom. The van der Waals surface area contributed by atoms with Crippen LogP contribution in [0.3, 0.4) is 0 Å². The zero-order valence-corrected chi connectivity index (χ0v) is 14.1. The molecule has 0 aliphatic carbocycles. The molecule has 25 heavy (non-hydrogen) atoms. The Bertz CT molecular complexity index is 756. The first-order valence-corrected chi connectivity index (χ1v) is 9.05. The lowest BCUT2D eigenvalue weighted by Gasteiger charge is -2.22. The van der Waals surface area contributed by atoms with Crippen LogP contribution < -0.4 is 10.6 Å². The van der Waals surface area contributed by atoms with Gasteiger partial charge in [0, 0.05) is 41.8 Å². The molecule has 1 saturated heterocycles. The summed E-state index contributed by atoms with van der Waals surface area (Å²) >= 11 is 1.79. The van der Waals surface area contributed by atoms with Crippen molar-refractivity contribution in [1.29, 1.82) is 0 Å². The minimum Gasteiger partial charge on any atom is -0.325 e. The van der Waals surface area contributed by atoms with Crippen LogP contribution in [0.1, 0.15) is 6.42 Å². The molecule has 1 heterocycles. The van der Waals surface area contributed by atoms with Gasteiger partial charge in [-0.15, -0.1) is 0 Å². The predicted molar refractivity (Wildman–Crippen MR) is 94.1 cm³/mol. The van der Waals surface area contributed by atoms with Crippen LogP contribution in [0.4, 0.5) is 18.9 Å². The molecule has 2 aromatic carbocycles. The van der Waals surface area contributed by atoms with Crippen molar-refractivity contribution in [2.75, 3.05) is 23.4 Å². The molecule has 7 heteroatoms. The molecular formula is C18H17F3N2OS. The standard InChI is InChI=1S/C18H17F3N2OS/c19-14-7-11(8-15(20)18(14)21)13-3-1-2-4-16(13)23-17(24)9-12-10-25-6-5-22-12/h1-4,7-8,12,22H,5-6,9-10H2,(H,23,24). The van der Waals surface area contributed by atoms with Crippen LogP contribution in [0.5, 0.6) is 0 Å². The van der Waals surface area contributed by atoms with Gasteiger partial charge in [-0.25, -0.2) is 13.2 Å². The summed E-state index contributed by atoms with van der Waals surface area (Å²) in [6.07, 6.45) is 0.313. The molecule has 1 atom stereocenters. The van der Waals surface area contributed by atoms with Crippen molar-refractivity contribution in [3.8, 4) is 11.1 Å². The average Bonchev–Trinajstić information content (AvgIpc) is 2.60. The third-order valence-corrected chi connectivity index (χ3v) is 5.06. The summed E-state index contributed by atoms with van der Waals surface area (Å²) in [6, 6.07) is 8.61. The van der Waals surface area contributed by atoms with E-state index >= 15 is 0 Å². The van der Waals surface area contributed by atoms with Gasteiger partial charge in [-0.05, 0) is 23.8 Å². The van der Waals surface area contributed by atoms with E-state index in [9.17, 15) is 18.0 Å². The summed E-state index contributed by atoms with van der Waals surface area (Å²) < 4.78 is 40.2. The number of benzene rings is 2. The lowest BCUT2D eigenvalue weighted by Crippen LogP contribution is -2.39. The zero-order chi connectivity index (χ0) is 17.8. The van der Waals surface area contributed by atoms with Gasteiger partial charge >= 0.3 is 0 Å². The average molecular weight is 366 g/mol. The van der Waals surface area contributed by atoms with E-state index in [1.807, 2.05) is 0 Å². The molecule has 1 amide bonds. The number of carbonyl (C=O) groups excluding carboxylic acids is 1. The molecule has 0 spiro atoms. The largest absolute Gasteiger partial charge is 0.325 e. The summed E-state index contributed by atoms with van der Waals surface area (Å²) in [6.45, 7) is 0.868. The maximum absolute atomic E-state index is 13.5. The Balaban J connectivity index is 1.80. The van der Waals surface area contributed by atoms with Gasteiger partial charge < -0.3 is 10.6 Å². The molecule has 1 aliphatic rings. The van der Waals surface area contributed by atoms with Gasteiger partial charge in [0.05, 0.1) is 0 Å². The molecule has 0 radical (unpaired) electrons. The van der Waals surface area contributed by atoms with E-state index in [2.05, 4.69) is 10.6 Å². The van der Waals surface area contributed by atoms with Gasteiger partial charge in [-0.2, -0.15) is 11.8 Å². The highest BCUT2D eigenvalue weighted by Gasteiger charge is 2.18. The fraction of sp³-hybridized carbons (Fsp3) is 0.278. The normalized spacial score (nSPS) is 17.3. The Kier molecular flexibility index (Phi) is 5.65. The van der Waals surface area contributed by atoms with Crippen molar-refractivity contribution in [3.63, 3.8) is 0 Å². The molecule has 1 aliphatic heterocycles. The van der Waals surface area contributed by atoms with E-state index in [1.54, 1.807) is 36.0 Å². The number of halogens is 3. The van der Waals surface area contributed by atoms with Gasteiger partial charge in [-0.3, -0.25) is 4.79 Å². The van der Waals surface area contributed by atoms with Crippen LogP contribution in [-0.2, 0) is 4.79 Å². The minimum absolute atomic E-state index is 0.103. The summed E-state index contributed by atoms with van der Waals surface area (Å²) in [5, 5.41) is 6.06. The number of nitrogens with one attached hydrogen (secondary N) is 2. The van der Waals surface area contributed by atoms with E-state index in [1.165, 1.54) is 0 Å². The summed E-state index contributed by atoms with van der Waals surface area (Å²) in [5.74, 6) is -2.33. The SMILES string of the molecule is O=C(CC1CSCCN1)Nc1ccccc1-c1cc(F)c(F)c(F)c1. The molecular weight excluding hydrogens is 349 g/mol. The maximum atomic E-state index is 13.5. The minimum atomic E-state index is -1.51. The molecule has 2 N–H and O–H groups in total. The van der Waals surface area contributed by atoms with Crippen LogP contribution in [0.15, 0.2) is 36.4 Å². The van der Waals surface area contributed by atoms with Gasteiger partial charge in [-0.1, -0.05) is 18.2 Å². The molecule has 3 nitrogen and oxygen atoms in total. The first-order chi connectivity index (χ1) is 12.0. The summed E-state index contributed by atoms with van der Waals surface area (Å²) in [7, 11) is 0. The van der Waals surface area contributed by atoms with E-state index in [0.29, 0.717) is 17.7 Å². The first-order valence-electron chi connectivity index (χ1n) is 7.89. The Morgan fingerprint density at radius 3 is 2.60 bits per heavy atom. The lowest BCUT2D eigenvalue weighted by atomic mass is 10.0. The second-order valence-corrected chi connectivity index (χ2v) is 6.93. The first kappa shape index (κ1) is 17.8. The number of hydrogen-bond donors (Lipinski definition) is 2. The fourth-order valence-electron chi connectivity index (χ4n) is 2.73. The summed E-state index contributed by atoms with van der Waals surface area (Å²) in [5.41, 5.74) is 1.03. The number of amides is 1. The topological polar surface area (TPSA) is 41.1 Å². The third-order valence-electron chi connectivity index (χ3n) is 3.93. The van der Waals surface area contributed by atoms with E-state index in [-0.39, 0.29) is 17.5 Å². The van der Waals surface area contributed by atoms with Crippen LogP contribution in [-0.4, -0.2) is 30.0 Å². The lowest BCUT2D eigenvalue weighted by molar-refractivity contribution is -0.116. The zero-order valence-electron chi connectivity index (χ0n) is 13.3. The Hall–Kier alpha value is -1.99. The highest BCUT2D eigenvalue weighted by molar-refractivity contribution is 7.99. The molecule has 3 rings (SSSR count). The molecule has 1 fully saturated rings. The smallest absolute Gasteiger partial charge is 0.225 e. The van der Waals surface area contributed by atoms with E-state index < -0.39 is 17.5 Å². The van der Waals surface area contributed by atoms with Crippen molar-refractivity contribution in [1.82, 2.24) is 5.32 Å². The molecule has 132 valence electrons. The quantitative estimate of drug-likeness (QED) is 0.809. The van der Waals surface area contributed by atoms with Crippen LogP contribution in [0.25, 0.3) is 11.1 Å². The number of carbonyl (C=O) groups is 1. The monoisotopic (exact) mass is 366 g/mol. The fourth-order valence-corrected chi connectivity index (χ4v) is 3.68. The number of para-hydroxylation sites is 1. The van der Waals surface area contributed by atoms with Crippen molar-refractivity contribution >= 4 is 23.4 Å². The second kappa shape index (κ2) is 7.93.